The van der Waals surface area contributed by atoms with Crippen LogP contribution >= 0.6 is 11.3 Å². The van der Waals surface area contributed by atoms with Crippen LogP contribution in [0.5, 0.6) is 0 Å². The number of fused-ring (bicyclic) bond motifs is 1. The van der Waals surface area contributed by atoms with Crippen molar-refractivity contribution < 1.29 is 14.7 Å². The van der Waals surface area contributed by atoms with Crippen molar-refractivity contribution in [1.82, 2.24) is 9.88 Å². The molecule has 2 N–H and O–H groups in total. The van der Waals surface area contributed by atoms with E-state index in [0.717, 1.165) is 25.0 Å². The summed E-state index contributed by atoms with van der Waals surface area (Å²) in [4.78, 5) is 30.3. The van der Waals surface area contributed by atoms with Crippen LogP contribution in [-0.2, 0) is 17.6 Å². The van der Waals surface area contributed by atoms with E-state index < -0.39 is 11.5 Å². The number of carboxylic acid groups (broad SMARTS) is 1. The predicted molar refractivity (Wildman–Crippen MR) is 81.9 cm³/mol. The number of nitrogens with one attached hydrogen (secondary N) is 1. The first kappa shape index (κ1) is 15.8. The topological polar surface area (TPSA) is 82.5 Å². The van der Waals surface area contributed by atoms with Gasteiger partial charge in [-0.1, -0.05) is 0 Å². The summed E-state index contributed by atoms with van der Waals surface area (Å²) in [7, 11) is 0. The molecule has 21 heavy (non-hydrogen) atoms. The van der Waals surface area contributed by atoms with Gasteiger partial charge in [-0.15, -0.1) is 11.3 Å². The van der Waals surface area contributed by atoms with E-state index in [0.29, 0.717) is 5.13 Å². The molecule has 1 aliphatic rings. The molecule has 1 aliphatic carbocycles. The average molecular weight is 311 g/mol. The zero-order chi connectivity index (χ0) is 15.6. The first-order valence-electron chi connectivity index (χ1n) is 7.06. The standard InChI is InChI=1S/C14H21N3O3S/c1-14(2,3)17(8-7-11(18)19)13(20)16-12-15-9-5-4-6-10(9)21-12/h4-8H2,1-3H3,(H,18,19)(H,15,16,20). The number of aryl methyl sites for hydroxylation is 2. The largest absolute Gasteiger partial charge is 0.481 e. The summed E-state index contributed by atoms with van der Waals surface area (Å²) >= 11 is 1.52. The fourth-order valence-corrected chi connectivity index (χ4v) is 3.39. The SMILES string of the molecule is CC(C)(C)N(CCC(=O)O)C(=O)Nc1nc2c(s1)CCC2. The lowest BCUT2D eigenvalue weighted by Crippen LogP contribution is -2.48. The minimum Gasteiger partial charge on any atom is -0.481 e. The van der Waals surface area contributed by atoms with Crippen LogP contribution in [0.15, 0.2) is 0 Å². The molecule has 1 aromatic rings. The van der Waals surface area contributed by atoms with Gasteiger partial charge in [0.05, 0.1) is 12.1 Å². The third-order valence-corrected chi connectivity index (χ3v) is 4.49. The zero-order valence-electron chi connectivity index (χ0n) is 12.6. The van der Waals surface area contributed by atoms with Crippen molar-refractivity contribution in [2.75, 3.05) is 11.9 Å². The summed E-state index contributed by atoms with van der Waals surface area (Å²) in [6.07, 6.45) is 3.07. The molecule has 116 valence electrons. The number of amides is 2. The van der Waals surface area contributed by atoms with Gasteiger partial charge < -0.3 is 10.0 Å². The van der Waals surface area contributed by atoms with Crippen LogP contribution in [0.4, 0.5) is 9.93 Å². The van der Waals surface area contributed by atoms with Crippen molar-refractivity contribution >= 4 is 28.5 Å². The molecule has 0 aromatic carbocycles. The van der Waals surface area contributed by atoms with Gasteiger partial charge in [0.25, 0.3) is 0 Å². The van der Waals surface area contributed by atoms with Crippen LogP contribution < -0.4 is 5.32 Å². The quantitative estimate of drug-likeness (QED) is 0.895. The first-order valence-corrected chi connectivity index (χ1v) is 7.88. The highest BCUT2D eigenvalue weighted by Gasteiger charge is 2.28. The van der Waals surface area contributed by atoms with Crippen LogP contribution in [-0.4, -0.2) is 39.1 Å². The van der Waals surface area contributed by atoms with Gasteiger partial charge in [0.2, 0.25) is 0 Å². The number of rotatable bonds is 4. The fraction of sp³-hybridized carbons (Fsp3) is 0.643. The Morgan fingerprint density at radius 2 is 2.10 bits per heavy atom. The number of carboxylic acids is 1. The Hall–Kier alpha value is -1.63. The Bertz CT molecular complexity index is 527. The van der Waals surface area contributed by atoms with Gasteiger partial charge >= 0.3 is 12.0 Å². The first-order chi connectivity index (χ1) is 9.77. The molecule has 1 aromatic heterocycles. The van der Waals surface area contributed by atoms with E-state index in [1.54, 1.807) is 0 Å². The number of hydrogen-bond acceptors (Lipinski definition) is 4. The summed E-state index contributed by atoms with van der Waals surface area (Å²) in [6, 6.07) is -0.295. The van der Waals surface area contributed by atoms with Gasteiger partial charge in [0.1, 0.15) is 0 Å². The van der Waals surface area contributed by atoms with Crippen molar-refractivity contribution in [1.29, 1.82) is 0 Å². The highest BCUT2D eigenvalue weighted by atomic mass is 32.1. The molecule has 0 fully saturated rings. The molecule has 0 spiro atoms. The summed E-state index contributed by atoms with van der Waals surface area (Å²) in [5, 5.41) is 12.2. The molecule has 0 radical (unpaired) electrons. The number of carbonyl (C=O) groups is 2. The molecule has 2 amide bonds. The van der Waals surface area contributed by atoms with Gasteiger partial charge in [-0.05, 0) is 40.0 Å². The number of thiazole rings is 1. The fourth-order valence-electron chi connectivity index (χ4n) is 2.35. The minimum absolute atomic E-state index is 0.0704. The molecule has 0 aliphatic heterocycles. The molecular formula is C14H21N3O3S. The monoisotopic (exact) mass is 311 g/mol. The molecule has 0 unspecified atom stereocenters. The lowest BCUT2D eigenvalue weighted by atomic mass is 10.1. The van der Waals surface area contributed by atoms with E-state index in [2.05, 4.69) is 10.3 Å². The number of carbonyl (C=O) groups excluding carboxylic acids is 1. The predicted octanol–water partition coefficient (Wildman–Crippen LogP) is 2.74. The molecule has 0 bridgehead atoms. The third kappa shape index (κ3) is 3.93. The molecule has 0 atom stereocenters. The van der Waals surface area contributed by atoms with Crippen molar-refractivity contribution in [2.24, 2.45) is 0 Å². The van der Waals surface area contributed by atoms with Crippen LogP contribution in [0.2, 0.25) is 0 Å². The molecular weight excluding hydrogens is 290 g/mol. The van der Waals surface area contributed by atoms with Crippen molar-refractivity contribution in [3.8, 4) is 0 Å². The molecule has 1 heterocycles. The van der Waals surface area contributed by atoms with E-state index in [9.17, 15) is 9.59 Å². The van der Waals surface area contributed by atoms with Crippen molar-refractivity contribution in [2.45, 2.75) is 52.0 Å². The highest BCUT2D eigenvalue weighted by molar-refractivity contribution is 7.15. The number of anilines is 1. The second kappa shape index (κ2) is 6.01. The van der Waals surface area contributed by atoms with Crippen LogP contribution in [0, 0.1) is 0 Å². The summed E-state index contributed by atoms with van der Waals surface area (Å²) in [5.74, 6) is -0.912. The number of nitrogens with zero attached hydrogens (tertiary/aromatic N) is 2. The number of urea groups is 1. The van der Waals surface area contributed by atoms with Crippen LogP contribution in [0.25, 0.3) is 0 Å². The third-order valence-electron chi connectivity index (χ3n) is 3.41. The summed E-state index contributed by atoms with van der Waals surface area (Å²) < 4.78 is 0. The molecule has 7 heteroatoms. The summed E-state index contributed by atoms with van der Waals surface area (Å²) in [6.45, 7) is 5.83. The van der Waals surface area contributed by atoms with Crippen molar-refractivity contribution in [3.63, 3.8) is 0 Å². The Morgan fingerprint density at radius 1 is 1.38 bits per heavy atom. The average Bonchev–Trinajstić information content (AvgIpc) is 2.86. The Balaban J connectivity index is 2.04. The molecule has 0 saturated carbocycles. The zero-order valence-corrected chi connectivity index (χ0v) is 13.4. The number of hydrogen-bond donors (Lipinski definition) is 2. The smallest absolute Gasteiger partial charge is 0.324 e. The summed E-state index contributed by atoms with van der Waals surface area (Å²) in [5.41, 5.74) is 0.641. The Labute approximate surface area is 128 Å². The Kier molecular flexibility index (Phi) is 4.51. The van der Waals surface area contributed by atoms with E-state index in [1.165, 1.54) is 21.1 Å². The van der Waals surface area contributed by atoms with Gasteiger partial charge in [-0.3, -0.25) is 10.1 Å². The minimum atomic E-state index is -0.912. The maximum atomic E-state index is 12.4. The maximum absolute atomic E-state index is 12.4. The van der Waals surface area contributed by atoms with E-state index >= 15 is 0 Å². The van der Waals surface area contributed by atoms with Gasteiger partial charge in [-0.25, -0.2) is 9.78 Å². The van der Waals surface area contributed by atoms with Gasteiger partial charge in [0, 0.05) is 17.0 Å². The second-order valence-electron chi connectivity index (χ2n) is 6.14. The lowest BCUT2D eigenvalue weighted by Gasteiger charge is -2.35. The lowest BCUT2D eigenvalue weighted by molar-refractivity contribution is -0.137. The molecule has 2 rings (SSSR count). The van der Waals surface area contributed by atoms with E-state index in [4.69, 9.17) is 5.11 Å². The van der Waals surface area contributed by atoms with Gasteiger partial charge in [0.15, 0.2) is 5.13 Å². The maximum Gasteiger partial charge on any atom is 0.324 e. The highest BCUT2D eigenvalue weighted by Crippen LogP contribution is 2.30. The van der Waals surface area contributed by atoms with Crippen molar-refractivity contribution in [3.05, 3.63) is 10.6 Å². The number of aromatic nitrogens is 1. The van der Waals surface area contributed by atoms with E-state index in [1.807, 2.05) is 20.8 Å². The van der Waals surface area contributed by atoms with Crippen LogP contribution in [0.1, 0.15) is 44.2 Å². The second-order valence-corrected chi connectivity index (χ2v) is 7.22. The molecule has 6 nitrogen and oxygen atoms in total. The Morgan fingerprint density at radius 3 is 2.67 bits per heavy atom. The van der Waals surface area contributed by atoms with Crippen LogP contribution in [0.3, 0.4) is 0 Å². The van der Waals surface area contributed by atoms with E-state index in [-0.39, 0.29) is 19.0 Å². The van der Waals surface area contributed by atoms with Gasteiger partial charge in [-0.2, -0.15) is 0 Å². The molecule has 0 saturated heterocycles. The number of aliphatic carboxylic acids is 1. The normalized spacial score (nSPS) is 13.9.